The van der Waals surface area contributed by atoms with Crippen LogP contribution >= 0.6 is 0 Å². The summed E-state index contributed by atoms with van der Waals surface area (Å²) in [5.41, 5.74) is -0.267. The predicted molar refractivity (Wildman–Crippen MR) is 237 cm³/mol. The second kappa shape index (κ2) is 30.0. The number of carbonyl (C=O) groups is 4. The fourth-order valence-electron chi connectivity index (χ4n) is 5.97. The van der Waals surface area contributed by atoms with Gasteiger partial charge >= 0.3 is 5.97 Å². The third-order valence-electron chi connectivity index (χ3n) is 10.1. The Hall–Kier alpha value is -3.54. The van der Waals surface area contributed by atoms with Crippen LogP contribution in [0.15, 0.2) is 18.2 Å². The molecule has 1 heterocycles. The van der Waals surface area contributed by atoms with Crippen molar-refractivity contribution in [2.45, 2.75) is 128 Å². The van der Waals surface area contributed by atoms with E-state index in [0.29, 0.717) is 76.9 Å². The fraction of sp³-hybridized carbons (Fsp3) is 0.778. The quantitative estimate of drug-likeness (QED) is 0.0483. The first kappa shape index (κ1) is 57.6. The molecular formula is C45H77N3O17. The van der Waals surface area contributed by atoms with Crippen LogP contribution in [0.25, 0.3) is 0 Å². The van der Waals surface area contributed by atoms with E-state index in [2.05, 4.69) is 16.0 Å². The summed E-state index contributed by atoms with van der Waals surface area (Å²) in [5.74, 6) is -1.31. The van der Waals surface area contributed by atoms with E-state index in [4.69, 9.17) is 47.7 Å². The number of benzene rings is 1. The number of hydrogen-bond acceptors (Lipinski definition) is 16. The molecule has 1 aliphatic rings. The third kappa shape index (κ3) is 25.3. The Morgan fingerprint density at radius 1 is 0.646 bits per heavy atom. The van der Waals surface area contributed by atoms with Gasteiger partial charge in [0.05, 0.1) is 84.4 Å². The summed E-state index contributed by atoms with van der Waals surface area (Å²) in [6.07, 6.45) is -4.62. The standard InChI is InChI=1S/C45H77N3O17/c1-31-38(53)39(54)40(55)42(65-31)62-26-25-59-17-13-46-35(49)10-15-57-19-21-60-23-24-61-22-20-58-18-14-47-36(50)30-63-34-28-32(27-33(29-34)43(2,3)4)41(56)48-44(5,6)12-16-64-45(7,8)11-9-37(51)52/h27-29,31,38-40,42,53-55H,9-26,30H2,1-8H3,(H,46,49)(H,47,50)(H,48,56)(H,51,52)/t31-,38-,39+,40+,42+/m0/s1. The van der Waals surface area contributed by atoms with Crippen molar-refractivity contribution >= 4 is 23.7 Å². The molecule has 0 spiro atoms. The highest BCUT2D eigenvalue weighted by atomic mass is 16.7. The molecular weight excluding hydrogens is 854 g/mol. The van der Waals surface area contributed by atoms with Crippen LogP contribution in [0, 0.1) is 0 Å². The van der Waals surface area contributed by atoms with E-state index in [1.165, 1.54) is 0 Å². The number of ether oxygens (including phenoxy) is 9. The number of aliphatic hydroxyl groups is 3. The summed E-state index contributed by atoms with van der Waals surface area (Å²) in [4.78, 5) is 48.9. The zero-order valence-corrected chi connectivity index (χ0v) is 39.6. The van der Waals surface area contributed by atoms with Crippen molar-refractivity contribution in [3.63, 3.8) is 0 Å². The molecule has 0 unspecified atom stereocenters. The average molecular weight is 932 g/mol. The highest BCUT2D eigenvalue weighted by Gasteiger charge is 2.42. The summed E-state index contributed by atoms with van der Waals surface area (Å²) < 4.78 is 49.8. The molecule has 20 heteroatoms. The van der Waals surface area contributed by atoms with E-state index >= 15 is 0 Å². The summed E-state index contributed by atoms with van der Waals surface area (Å²) in [5, 5.41) is 47.0. The summed E-state index contributed by atoms with van der Waals surface area (Å²) in [6, 6.07) is 5.25. The van der Waals surface area contributed by atoms with Crippen molar-refractivity contribution in [3.8, 4) is 5.75 Å². The minimum absolute atomic E-state index is 0.0113. The molecule has 0 bridgehead atoms. The molecule has 1 aromatic rings. The smallest absolute Gasteiger partial charge is 0.303 e. The van der Waals surface area contributed by atoms with E-state index < -0.39 is 47.8 Å². The maximum atomic E-state index is 13.4. The molecule has 20 nitrogen and oxygen atoms in total. The van der Waals surface area contributed by atoms with E-state index in [-0.39, 0.29) is 82.2 Å². The second-order valence-corrected chi connectivity index (χ2v) is 17.9. The fourth-order valence-corrected chi connectivity index (χ4v) is 5.97. The van der Waals surface area contributed by atoms with Crippen LogP contribution in [0.4, 0.5) is 0 Å². The molecule has 0 aliphatic carbocycles. The normalized spacial score (nSPS) is 19.2. The summed E-state index contributed by atoms with van der Waals surface area (Å²) >= 11 is 0. The number of carboxylic acids is 1. The summed E-state index contributed by atoms with van der Waals surface area (Å²) in [6.45, 7) is 18.9. The monoisotopic (exact) mass is 932 g/mol. The molecule has 1 fully saturated rings. The average Bonchev–Trinajstić information content (AvgIpc) is 3.23. The SMILES string of the molecule is C[C@@H]1O[C@@H](OCCOCCNC(=O)CCOCCOCCOCCOCCNC(=O)COc2cc(C(=O)NC(C)(C)CCOC(C)(C)CCC(=O)O)cc(C(C)(C)C)c2)[C@H](O)[C@H](O)[C@H]1O. The maximum Gasteiger partial charge on any atom is 0.303 e. The first-order valence-electron chi connectivity index (χ1n) is 22.3. The topological polar surface area (TPSA) is 268 Å². The Bertz CT molecular complexity index is 1560. The van der Waals surface area contributed by atoms with Gasteiger partial charge in [-0.25, -0.2) is 0 Å². The van der Waals surface area contributed by atoms with Crippen LogP contribution in [0.1, 0.15) is 97.0 Å². The Morgan fingerprint density at radius 3 is 1.78 bits per heavy atom. The minimum Gasteiger partial charge on any atom is -0.484 e. The van der Waals surface area contributed by atoms with Gasteiger partial charge in [0.25, 0.3) is 11.8 Å². The molecule has 65 heavy (non-hydrogen) atoms. The second-order valence-electron chi connectivity index (χ2n) is 17.9. The number of carboxylic acid groups (broad SMARTS) is 1. The lowest BCUT2D eigenvalue weighted by molar-refractivity contribution is -0.294. The Balaban J connectivity index is 1.48. The zero-order valence-electron chi connectivity index (χ0n) is 39.6. The number of aliphatic carboxylic acids is 1. The van der Waals surface area contributed by atoms with Gasteiger partial charge < -0.3 is 79.0 Å². The molecule has 2 rings (SSSR count). The van der Waals surface area contributed by atoms with Crippen molar-refractivity contribution < 1.29 is 82.2 Å². The van der Waals surface area contributed by atoms with Crippen LogP contribution in [-0.2, 0) is 57.7 Å². The van der Waals surface area contributed by atoms with Crippen molar-refractivity contribution in [1.82, 2.24) is 16.0 Å². The van der Waals surface area contributed by atoms with Crippen LogP contribution in [0.2, 0.25) is 0 Å². The number of carbonyl (C=O) groups excluding carboxylic acids is 3. The van der Waals surface area contributed by atoms with Gasteiger partial charge in [-0.1, -0.05) is 20.8 Å². The Labute approximate surface area is 383 Å². The highest BCUT2D eigenvalue weighted by molar-refractivity contribution is 5.95. The van der Waals surface area contributed by atoms with Crippen LogP contribution in [0.3, 0.4) is 0 Å². The van der Waals surface area contributed by atoms with Gasteiger partial charge in [-0.2, -0.15) is 0 Å². The number of aliphatic hydroxyl groups excluding tert-OH is 3. The van der Waals surface area contributed by atoms with Gasteiger partial charge in [0.2, 0.25) is 5.91 Å². The molecule has 0 radical (unpaired) electrons. The first-order chi connectivity index (χ1) is 30.6. The lowest BCUT2D eigenvalue weighted by Gasteiger charge is -2.38. The largest absolute Gasteiger partial charge is 0.484 e. The van der Waals surface area contributed by atoms with E-state index in [9.17, 15) is 34.5 Å². The molecule has 1 saturated heterocycles. The number of amides is 3. The van der Waals surface area contributed by atoms with Crippen molar-refractivity contribution in [2.24, 2.45) is 0 Å². The molecule has 0 aromatic heterocycles. The molecule has 1 aromatic carbocycles. The molecule has 374 valence electrons. The Morgan fingerprint density at radius 2 is 1.20 bits per heavy atom. The van der Waals surface area contributed by atoms with Crippen molar-refractivity contribution in [1.29, 1.82) is 0 Å². The Kier molecular flexibility index (Phi) is 26.5. The van der Waals surface area contributed by atoms with Crippen LogP contribution in [-0.4, -0.2) is 185 Å². The zero-order chi connectivity index (χ0) is 48.5. The summed E-state index contributed by atoms with van der Waals surface area (Å²) in [7, 11) is 0. The maximum absolute atomic E-state index is 13.4. The molecule has 1 aliphatic heterocycles. The predicted octanol–water partition coefficient (Wildman–Crippen LogP) is 1.47. The van der Waals surface area contributed by atoms with E-state index in [1.54, 1.807) is 13.0 Å². The van der Waals surface area contributed by atoms with Gasteiger partial charge in [0, 0.05) is 43.6 Å². The van der Waals surface area contributed by atoms with Gasteiger partial charge in [0.1, 0.15) is 24.1 Å². The van der Waals surface area contributed by atoms with Gasteiger partial charge in [0.15, 0.2) is 12.9 Å². The van der Waals surface area contributed by atoms with Gasteiger partial charge in [-0.05, 0) is 76.6 Å². The molecule has 7 N–H and O–H groups in total. The number of nitrogens with one attached hydrogen (secondary N) is 3. The third-order valence-corrected chi connectivity index (χ3v) is 10.1. The molecule has 0 saturated carbocycles. The number of rotatable bonds is 34. The lowest BCUT2D eigenvalue weighted by Crippen LogP contribution is -2.57. The van der Waals surface area contributed by atoms with E-state index in [1.807, 2.05) is 60.6 Å². The number of hydrogen-bond donors (Lipinski definition) is 7. The highest BCUT2D eigenvalue weighted by Crippen LogP contribution is 2.29. The molecule has 5 atom stereocenters. The van der Waals surface area contributed by atoms with Gasteiger partial charge in [-0.3, -0.25) is 19.2 Å². The lowest BCUT2D eigenvalue weighted by atomic mass is 9.86. The van der Waals surface area contributed by atoms with Crippen LogP contribution < -0.4 is 20.7 Å². The van der Waals surface area contributed by atoms with Gasteiger partial charge in [-0.15, -0.1) is 0 Å². The van der Waals surface area contributed by atoms with Crippen LogP contribution in [0.5, 0.6) is 5.75 Å². The first-order valence-corrected chi connectivity index (χ1v) is 22.3. The van der Waals surface area contributed by atoms with Crippen molar-refractivity contribution in [2.75, 3.05) is 99.0 Å². The van der Waals surface area contributed by atoms with E-state index in [0.717, 1.165) is 5.56 Å². The minimum atomic E-state index is -1.37. The molecule has 3 amide bonds. The van der Waals surface area contributed by atoms with Crippen molar-refractivity contribution in [3.05, 3.63) is 29.3 Å².